The summed E-state index contributed by atoms with van der Waals surface area (Å²) >= 11 is 0. The van der Waals surface area contributed by atoms with Crippen molar-refractivity contribution in [2.45, 2.75) is 24.8 Å². The molecule has 0 saturated heterocycles. The molecule has 3 rings (SSSR count). The second-order valence-corrected chi connectivity index (χ2v) is 6.12. The first-order valence-electron chi connectivity index (χ1n) is 8.24. The Kier molecular flexibility index (Phi) is 4.90. The minimum Gasteiger partial charge on any atom is -0.493 e. The van der Waals surface area contributed by atoms with Crippen molar-refractivity contribution >= 4 is 5.91 Å². The summed E-state index contributed by atoms with van der Waals surface area (Å²) in [4.78, 5) is 12.4. The van der Waals surface area contributed by atoms with Crippen molar-refractivity contribution < 1.29 is 14.3 Å². The predicted octanol–water partition coefficient (Wildman–Crippen LogP) is 3.14. The fourth-order valence-corrected chi connectivity index (χ4v) is 3.08. The van der Waals surface area contributed by atoms with Gasteiger partial charge in [0.25, 0.3) is 5.91 Å². The summed E-state index contributed by atoms with van der Waals surface area (Å²) in [6.07, 6.45) is 2.96. The highest BCUT2D eigenvalue weighted by atomic mass is 16.5. The Morgan fingerprint density at radius 1 is 1.20 bits per heavy atom. The lowest BCUT2D eigenvalue weighted by Gasteiger charge is -2.43. The number of hydrogen-bond donors (Lipinski definition) is 1. The number of carbonyl (C=O) groups excluding carboxylic acids is 1. The molecule has 0 unspecified atom stereocenters. The molecule has 1 fully saturated rings. The van der Waals surface area contributed by atoms with Crippen molar-refractivity contribution in [2.75, 3.05) is 13.7 Å². The van der Waals surface area contributed by atoms with Crippen molar-refractivity contribution in [1.82, 2.24) is 5.32 Å². The van der Waals surface area contributed by atoms with Crippen molar-refractivity contribution in [3.05, 3.63) is 59.7 Å². The lowest BCUT2D eigenvalue weighted by Crippen LogP contribution is -2.52. The van der Waals surface area contributed by atoms with Gasteiger partial charge in [-0.2, -0.15) is 5.26 Å². The summed E-state index contributed by atoms with van der Waals surface area (Å²) in [7, 11) is 1.50. The first-order valence-corrected chi connectivity index (χ1v) is 8.24. The monoisotopic (exact) mass is 336 g/mol. The van der Waals surface area contributed by atoms with E-state index in [1.165, 1.54) is 7.11 Å². The minimum atomic E-state index is -0.281. The summed E-state index contributed by atoms with van der Waals surface area (Å²) in [5.74, 6) is 0.710. The second-order valence-electron chi connectivity index (χ2n) is 6.12. The number of methoxy groups -OCH3 is 1. The van der Waals surface area contributed by atoms with Crippen LogP contribution < -0.4 is 14.8 Å². The molecule has 2 aromatic carbocycles. The number of nitrogens with zero attached hydrogens (tertiary/aromatic N) is 1. The Labute approximate surface area is 147 Å². The first kappa shape index (κ1) is 16.8. The molecule has 2 aromatic rings. The predicted molar refractivity (Wildman–Crippen MR) is 93.3 cm³/mol. The largest absolute Gasteiger partial charge is 0.493 e. The standard InChI is InChI=1S/C20H20N2O3/c1-24-18-12-15(13-21)8-9-17(18)25-14-19(23)22-20(10-5-11-20)16-6-3-2-4-7-16/h2-4,6-9,12H,5,10-11,14H2,1H3,(H,22,23). The van der Waals surface area contributed by atoms with Gasteiger partial charge in [-0.25, -0.2) is 0 Å². The number of nitrogens with one attached hydrogen (secondary N) is 1. The SMILES string of the molecule is COc1cc(C#N)ccc1OCC(=O)NC1(c2ccccc2)CCC1. The van der Waals surface area contributed by atoms with Gasteiger partial charge in [-0.3, -0.25) is 4.79 Å². The number of benzene rings is 2. The van der Waals surface area contributed by atoms with Crippen molar-refractivity contribution in [1.29, 1.82) is 5.26 Å². The Bertz CT molecular complexity index is 792. The van der Waals surface area contributed by atoms with Crippen LogP contribution in [0.2, 0.25) is 0 Å². The topological polar surface area (TPSA) is 71.3 Å². The normalized spacial score (nSPS) is 14.7. The molecule has 0 bridgehead atoms. The van der Waals surface area contributed by atoms with Gasteiger partial charge in [0.05, 0.1) is 24.3 Å². The van der Waals surface area contributed by atoms with Gasteiger partial charge >= 0.3 is 0 Å². The van der Waals surface area contributed by atoms with Crippen LogP contribution in [0.4, 0.5) is 0 Å². The Morgan fingerprint density at radius 2 is 1.96 bits per heavy atom. The molecule has 1 aliphatic rings. The number of rotatable bonds is 6. The van der Waals surface area contributed by atoms with E-state index in [9.17, 15) is 4.79 Å². The van der Waals surface area contributed by atoms with Crippen LogP contribution in [0.3, 0.4) is 0 Å². The van der Waals surface area contributed by atoms with Gasteiger partial charge in [0, 0.05) is 6.07 Å². The number of nitriles is 1. The van der Waals surface area contributed by atoms with Crippen LogP contribution in [-0.2, 0) is 10.3 Å². The Morgan fingerprint density at radius 3 is 2.56 bits per heavy atom. The lowest BCUT2D eigenvalue weighted by atomic mass is 9.72. The van der Waals surface area contributed by atoms with Crippen LogP contribution in [-0.4, -0.2) is 19.6 Å². The summed E-state index contributed by atoms with van der Waals surface area (Å²) in [6.45, 7) is -0.100. The average Bonchev–Trinajstić information content (AvgIpc) is 2.63. The molecule has 0 atom stereocenters. The van der Waals surface area contributed by atoms with Gasteiger partial charge < -0.3 is 14.8 Å². The second kappa shape index (κ2) is 7.27. The van der Waals surface area contributed by atoms with Gasteiger partial charge in [-0.05, 0) is 37.0 Å². The summed E-state index contributed by atoms with van der Waals surface area (Å²) < 4.78 is 10.8. The molecular weight excluding hydrogens is 316 g/mol. The fraction of sp³-hybridized carbons (Fsp3) is 0.300. The van der Waals surface area contributed by atoms with Gasteiger partial charge in [0.15, 0.2) is 18.1 Å². The molecule has 0 aliphatic heterocycles. The van der Waals surface area contributed by atoms with E-state index in [1.54, 1.807) is 18.2 Å². The van der Waals surface area contributed by atoms with E-state index in [2.05, 4.69) is 5.32 Å². The minimum absolute atomic E-state index is 0.100. The smallest absolute Gasteiger partial charge is 0.258 e. The Hall–Kier alpha value is -3.00. The van der Waals surface area contributed by atoms with Crippen molar-refractivity contribution in [3.63, 3.8) is 0 Å². The van der Waals surface area contributed by atoms with Crippen LogP contribution >= 0.6 is 0 Å². The van der Waals surface area contributed by atoms with E-state index < -0.39 is 0 Å². The molecule has 5 nitrogen and oxygen atoms in total. The molecule has 25 heavy (non-hydrogen) atoms. The molecule has 128 valence electrons. The van der Waals surface area contributed by atoms with Crippen LogP contribution in [0.1, 0.15) is 30.4 Å². The summed E-state index contributed by atoms with van der Waals surface area (Å²) in [6, 6.07) is 16.9. The van der Waals surface area contributed by atoms with E-state index in [0.717, 1.165) is 24.8 Å². The van der Waals surface area contributed by atoms with Crippen LogP contribution in [0.25, 0.3) is 0 Å². The highest BCUT2D eigenvalue weighted by Gasteiger charge is 2.39. The molecule has 0 radical (unpaired) electrons. The van der Waals surface area contributed by atoms with E-state index in [1.807, 2.05) is 36.4 Å². The lowest BCUT2D eigenvalue weighted by molar-refractivity contribution is -0.126. The number of hydrogen-bond acceptors (Lipinski definition) is 4. The highest BCUT2D eigenvalue weighted by molar-refractivity contribution is 5.79. The number of carbonyl (C=O) groups is 1. The highest BCUT2D eigenvalue weighted by Crippen LogP contribution is 2.41. The third-order valence-corrected chi connectivity index (χ3v) is 4.56. The van der Waals surface area contributed by atoms with E-state index in [-0.39, 0.29) is 18.1 Å². The molecule has 0 heterocycles. The molecule has 5 heteroatoms. The maximum atomic E-state index is 12.4. The van der Waals surface area contributed by atoms with E-state index in [0.29, 0.717) is 17.1 Å². The maximum absolute atomic E-state index is 12.4. The van der Waals surface area contributed by atoms with Gasteiger partial charge in [0.1, 0.15) is 0 Å². The van der Waals surface area contributed by atoms with Crippen LogP contribution in [0.15, 0.2) is 48.5 Å². The molecule has 1 N–H and O–H groups in total. The van der Waals surface area contributed by atoms with Crippen LogP contribution in [0, 0.1) is 11.3 Å². The summed E-state index contributed by atoms with van der Waals surface area (Å²) in [5, 5.41) is 12.0. The van der Waals surface area contributed by atoms with Gasteiger partial charge in [-0.15, -0.1) is 0 Å². The molecule has 1 aliphatic carbocycles. The third-order valence-electron chi connectivity index (χ3n) is 4.56. The zero-order chi connectivity index (χ0) is 17.7. The van der Waals surface area contributed by atoms with Gasteiger partial charge in [-0.1, -0.05) is 30.3 Å². The molecule has 0 aromatic heterocycles. The molecule has 1 amide bonds. The van der Waals surface area contributed by atoms with Gasteiger partial charge in [0.2, 0.25) is 0 Å². The van der Waals surface area contributed by atoms with Crippen molar-refractivity contribution in [3.8, 4) is 17.6 Å². The fourth-order valence-electron chi connectivity index (χ4n) is 3.08. The van der Waals surface area contributed by atoms with Crippen LogP contribution in [0.5, 0.6) is 11.5 Å². The summed E-state index contributed by atoms with van der Waals surface area (Å²) in [5.41, 5.74) is 1.33. The molecule has 0 spiro atoms. The first-order chi connectivity index (χ1) is 12.2. The zero-order valence-electron chi connectivity index (χ0n) is 14.1. The zero-order valence-corrected chi connectivity index (χ0v) is 14.1. The third kappa shape index (κ3) is 3.58. The molecular formula is C20H20N2O3. The quantitative estimate of drug-likeness (QED) is 0.880. The van der Waals surface area contributed by atoms with Crippen molar-refractivity contribution in [2.24, 2.45) is 0 Å². The van der Waals surface area contributed by atoms with E-state index >= 15 is 0 Å². The number of amides is 1. The maximum Gasteiger partial charge on any atom is 0.258 e. The molecule has 1 saturated carbocycles. The number of ether oxygens (including phenoxy) is 2. The average molecular weight is 336 g/mol. The van der Waals surface area contributed by atoms with E-state index in [4.69, 9.17) is 14.7 Å². The Balaban J connectivity index is 1.65.